The summed E-state index contributed by atoms with van der Waals surface area (Å²) in [6.45, 7) is 4.18. The first-order valence-electron chi connectivity index (χ1n) is 4.53. The highest BCUT2D eigenvalue weighted by molar-refractivity contribution is 5.69. The molecule has 0 spiro atoms. The molecule has 1 rings (SSSR count). The van der Waals surface area contributed by atoms with E-state index in [4.69, 9.17) is 10.8 Å². The molecule has 0 aliphatic rings. The maximum Gasteiger partial charge on any atom is 0.306 e. The van der Waals surface area contributed by atoms with E-state index in [9.17, 15) is 4.79 Å². The minimum absolute atomic E-state index is 0.347. The van der Waals surface area contributed by atoms with Gasteiger partial charge in [0.05, 0.1) is 5.92 Å². The van der Waals surface area contributed by atoms with Gasteiger partial charge in [-0.3, -0.25) is 9.48 Å². The van der Waals surface area contributed by atoms with Crippen molar-refractivity contribution in [1.29, 1.82) is 0 Å². The number of aliphatic carboxylic acids is 1. The van der Waals surface area contributed by atoms with Crippen molar-refractivity contribution in [3.63, 3.8) is 0 Å². The van der Waals surface area contributed by atoms with Gasteiger partial charge in [-0.2, -0.15) is 5.10 Å². The summed E-state index contributed by atoms with van der Waals surface area (Å²) in [5.41, 5.74) is 6.46. The van der Waals surface area contributed by atoms with Crippen LogP contribution in [0.3, 0.4) is 0 Å². The number of hydrogen-bond acceptors (Lipinski definition) is 3. The lowest BCUT2D eigenvalue weighted by Crippen LogP contribution is -2.13. The van der Waals surface area contributed by atoms with Gasteiger partial charge in [0.1, 0.15) is 5.82 Å². The summed E-state index contributed by atoms with van der Waals surface area (Å²) in [7, 11) is 0. The molecule has 1 aromatic rings. The molecule has 1 heterocycles. The van der Waals surface area contributed by atoms with Gasteiger partial charge in [-0.25, -0.2) is 0 Å². The zero-order chi connectivity index (χ0) is 10.7. The molecule has 0 aliphatic carbocycles. The number of aromatic nitrogens is 2. The van der Waals surface area contributed by atoms with Crippen LogP contribution in [0.2, 0.25) is 0 Å². The van der Waals surface area contributed by atoms with Gasteiger partial charge in [0.25, 0.3) is 0 Å². The number of carbonyl (C=O) groups is 1. The summed E-state index contributed by atoms with van der Waals surface area (Å²) < 4.78 is 1.73. The van der Waals surface area contributed by atoms with Crippen LogP contribution in [0.5, 0.6) is 0 Å². The van der Waals surface area contributed by atoms with Crippen molar-refractivity contribution in [2.75, 3.05) is 5.73 Å². The Kier molecular flexibility index (Phi) is 3.11. The molecule has 14 heavy (non-hydrogen) atoms. The van der Waals surface area contributed by atoms with E-state index in [2.05, 4.69) is 5.10 Å². The zero-order valence-corrected chi connectivity index (χ0v) is 8.40. The molecule has 78 valence electrons. The van der Waals surface area contributed by atoms with E-state index >= 15 is 0 Å². The Morgan fingerprint density at radius 3 is 2.86 bits per heavy atom. The average Bonchev–Trinajstić information content (AvgIpc) is 2.40. The van der Waals surface area contributed by atoms with Gasteiger partial charge < -0.3 is 10.8 Å². The summed E-state index contributed by atoms with van der Waals surface area (Å²) in [6, 6.07) is 1.77. The zero-order valence-electron chi connectivity index (χ0n) is 8.40. The van der Waals surface area contributed by atoms with Gasteiger partial charge in [-0.05, 0) is 13.3 Å². The van der Waals surface area contributed by atoms with Crippen LogP contribution in [0.4, 0.5) is 5.82 Å². The SMILES string of the molecule is Cc1cc(N)nn1CCC(C)C(=O)O. The second-order valence-corrected chi connectivity index (χ2v) is 3.46. The fourth-order valence-corrected chi connectivity index (χ4v) is 1.20. The lowest BCUT2D eigenvalue weighted by atomic mass is 10.1. The molecule has 0 saturated heterocycles. The number of carboxylic acid groups (broad SMARTS) is 1. The van der Waals surface area contributed by atoms with Crippen molar-refractivity contribution < 1.29 is 9.90 Å². The van der Waals surface area contributed by atoms with E-state index in [0.717, 1.165) is 5.69 Å². The first kappa shape index (κ1) is 10.6. The number of carboxylic acids is 1. The summed E-state index contributed by atoms with van der Waals surface area (Å²) in [4.78, 5) is 10.6. The third kappa shape index (κ3) is 2.48. The molecule has 0 amide bonds. The third-order valence-electron chi connectivity index (χ3n) is 2.20. The Hall–Kier alpha value is -1.52. The number of hydrogen-bond donors (Lipinski definition) is 2. The van der Waals surface area contributed by atoms with Crippen LogP contribution in [0, 0.1) is 12.8 Å². The monoisotopic (exact) mass is 197 g/mol. The lowest BCUT2D eigenvalue weighted by Gasteiger charge is -2.07. The molecule has 0 aliphatic heterocycles. The number of nitrogen functional groups attached to an aromatic ring is 1. The first-order chi connectivity index (χ1) is 6.50. The Labute approximate surface area is 82.5 Å². The molecule has 1 atom stereocenters. The van der Waals surface area contributed by atoms with Crippen LogP contribution in [0.25, 0.3) is 0 Å². The van der Waals surface area contributed by atoms with Crippen molar-refractivity contribution in [1.82, 2.24) is 9.78 Å². The highest BCUT2D eigenvalue weighted by Crippen LogP contribution is 2.08. The molecule has 0 fully saturated rings. The molecule has 1 aromatic heterocycles. The smallest absolute Gasteiger partial charge is 0.306 e. The number of rotatable bonds is 4. The molecule has 5 nitrogen and oxygen atoms in total. The predicted molar refractivity (Wildman–Crippen MR) is 52.8 cm³/mol. The van der Waals surface area contributed by atoms with E-state index in [1.807, 2.05) is 6.92 Å². The fraction of sp³-hybridized carbons (Fsp3) is 0.556. The van der Waals surface area contributed by atoms with E-state index in [0.29, 0.717) is 18.8 Å². The number of anilines is 1. The first-order valence-corrected chi connectivity index (χ1v) is 4.53. The van der Waals surface area contributed by atoms with E-state index in [-0.39, 0.29) is 5.92 Å². The summed E-state index contributed by atoms with van der Waals surface area (Å²) >= 11 is 0. The molecule has 0 radical (unpaired) electrons. The van der Waals surface area contributed by atoms with Crippen LogP contribution >= 0.6 is 0 Å². The van der Waals surface area contributed by atoms with Crippen LogP contribution in [0.15, 0.2) is 6.07 Å². The van der Waals surface area contributed by atoms with Gasteiger partial charge in [0.2, 0.25) is 0 Å². The second kappa shape index (κ2) is 4.13. The Morgan fingerprint density at radius 1 is 1.79 bits per heavy atom. The topological polar surface area (TPSA) is 81.1 Å². The van der Waals surface area contributed by atoms with E-state index in [1.54, 1.807) is 17.7 Å². The van der Waals surface area contributed by atoms with Gasteiger partial charge in [-0.15, -0.1) is 0 Å². The van der Waals surface area contributed by atoms with Crippen LogP contribution in [0.1, 0.15) is 19.0 Å². The molecule has 3 N–H and O–H groups in total. The van der Waals surface area contributed by atoms with Crippen molar-refractivity contribution in [2.45, 2.75) is 26.8 Å². The average molecular weight is 197 g/mol. The predicted octanol–water partition coefficient (Wildman–Crippen LogP) is 0.885. The van der Waals surface area contributed by atoms with Crippen molar-refractivity contribution in [2.24, 2.45) is 5.92 Å². The fourth-order valence-electron chi connectivity index (χ4n) is 1.20. The maximum atomic E-state index is 10.6. The van der Waals surface area contributed by atoms with Crippen molar-refractivity contribution in [3.05, 3.63) is 11.8 Å². The van der Waals surface area contributed by atoms with Crippen molar-refractivity contribution >= 4 is 11.8 Å². The quantitative estimate of drug-likeness (QED) is 0.750. The third-order valence-corrected chi connectivity index (χ3v) is 2.20. The molecule has 1 unspecified atom stereocenters. The molecular formula is C9H15N3O2. The number of nitrogens with two attached hydrogens (primary N) is 1. The van der Waals surface area contributed by atoms with Gasteiger partial charge in [0, 0.05) is 18.3 Å². The van der Waals surface area contributed by atoms with E-state index in [1.165, 1.54) is 0 Å². The molecule has 0 bridgehead atoms. The summed E-state index contributed by atoms with van der Waals surface area (Å²) in [5.74, 6) is -0.645. The normalized spacial score (nSPS) is 12.7. The highest BCUT2D eigenvalue weighted by atomic mass is 16.4. The Balaban J connectivity index is 2.53. The van der Waals surface area contributed by atoms with Crippen molar-refractivity contribution in [3.8, 4) is 0 Å². The molecule has 5 heteroatoms. The molecular weight excluding hydrogens is 182 g/mol. The standard InChI is InChI=1S/C9H15N3O2/c1-6(9(13)14)3-4-12-7(2)5-8(10)11-12/h5-6H,3-4H2,1-2H3,(H2,10,11)(H,13,14). The lowest BCUT2D eigenvalue weighted by molar-refractivity contribution is -0.141. The largest absolute Gasteiger partial charge is 0.481 e. The van der Waals surface area contributed by atoms with Gasteiger partial charge in [-0.1, -0.05) is 6.92 Å². The van der Waals surface area contributed by atoms with E-state index < -0.39 is 5.97 Å². The minimum atomic E-state index is -0.775. The van der Waals surface area contributed by atoms with Gasteiger partial charge in [0.15, 0.2) is 0 Å². The minimum Gasteiger partial charge on any atom is -0.481 e. The highest BCUT2D eigenvalue weighted by Gasteiger charge is 2.11. The molecule has 0 aromatic carbocycles. The van der Waals surface area contributed by atoms with Crippen LogP contribution < -0.4 is 5.73 Å². The van der Waals surface area contributed by atoms with Crippen LogP contribution in [-0.4, -0.2) is 20.9 Å². The number of nitrogens with zero attached hydrogens (tertiary/aromatic N) is 2. The maximum absolute atomic E-state index is 10.6. The summed E-state index contributed by atoms with van der Waals surface area (Å²) in [5, 5.41) is 12.7. The molecule has 0 saturated carbocycles. The van der Waals surface area contributed by atoms with Crippen LogP contribution in [-0.2, 0) is 11.3 Å². The Bertz CT molecular complexity index is 333. The van der Waals surface area contributed by atoms with Gasteiger partial charge >= 0.3 is 5.97 Å². The number of aryl methyl sites for hydroxylation is 2. The summed E-state index contributed by atoms with van der Waals surface area (Å²) in [6.07, 6.45) is 0.567. The Morgan fingerprint density at radius 2 is 2.43 bits per heavy atom. The second-order valence-electron chi connectivity index (χ2n) is 3.46.